The number of hydrogen-bond acceptors (Lipinski definition) is 2. The number of aromatic nitrogens is 1. The number of primary amides is 1. The van der Waals surface area contributed by atoms with Crippen LogP contribution < -0.4 is 11.1 Å². The van der Waals surface area contributed by atoms with E-state index in [0.29, 0.717) is 12.1 Å². The maximum Gasteiger partial charge on any atom is 0.249 e. The molecule has 1 heterocycles. The molecular weight excluding hydrogens is 338 g/mol. The summed E-state index contributed by atoms with van der Waals surface area (Å²) in [5.74, 6) is -0.561. The molecule has 0 atom stereocenters. The predicted octanol–water partition coefficient (Wildman–Crippen LogP) is 3.70. The molecule has 3 N–H and O–H groups in total. The molecule has 0 aliphatic carbocycles. The van der Waals surface area contributed by atoms with E-state index in [1.165, 1.54) is 6.92 Å². The Hall–Kier alpha value is -3.60. The molecule has 4 rings (SSSR count). The maximum atomic E-state index is 11.9. The van der Waals surface area contributed by atoms with E-state index in [1.807, 2.05) is 54.6 Å². The number of hydrogen-bond donors (Lipinski definition) is 2. The van der Waals surface area contributed by atoms with Crippen molar-refractivity contribution in [3.05, 3.63) is 77.9 Å². The smallest absolute Gasteiger partial charge is 0.249 e. The first-order valence-electron chi connectivity index (χ1n) is 8.62. The van der Waals surface area contributed by atoms with Gasteiger partial charge in [-0.15, -0.1) is 0 Å². The quantitative estimate of drug-likeness (QED) is 0.585. The van der Waals surface area contributed by atoms with Gasteiger partial charge in [-0.05, 0) is 42.0 Å². The Labute approximate surface area is 156 Å². The summed E-state index contributed by atoms with van der Waals surface area (Å²) in [6.45, 7) is 2.08. The van der Waals surface area contributed by atoms with Crippen molar-refractivity contribution in [1.82, 2.24) is 4.57 Å². The van der Waals surface area contributed by atoms with Crippen molar-refractivity contribution in [2.75, 3.05) is 5.32 Å². The van der Waals surface area contributed by atoms with Crippen LogP contribution in [0.15, 0.2) is 60.7 Å². The zero-order valence-electron chi connectivity index (χ0n) is 14.8. The minimum atomic E-state index is -0.454. The molecule has 2 amide bonds. The van der Waals surface area contributed by atoms with Gasteiger partial charge in [-0.2, -0.15) is 0 Å². The van der Waals surface area contributed by atoms with Gasteiger partial charge in [0.1, 0.15) is 0 Å². The highest BCUT2D eigenvalue weighted by Crippen LogP contribution is 2.32. The molecule has 1 radical (unpaired) electrons. The fourth-order valence-electron chi connectivity index (χ4n) is 3.52. The van der Waals surface area contributed by atoms with Gasteiger partial charge in [-0.25, -0.2) is 0 Å². The number of nitrogens with one attached hydrogen (secondary N) is 1. The molecule has 27 heavy (non-hydrogen) atoms. The third kappa shape index (κ3) is 3.04. The zero-order chi connectivity index (χ0) is 19.0. The molecule has 0 fully saturated rings. The summed E-state index contributed by atoms with van der Waals surface area (Å²) in [6, 6.07) is 22.3. The van der Waals surface area contributed by atoms with Gasteiger partial charge in [0.05, 0.1) is 11.0 Å². The number of carbonyl (C=O) groups is 2. The second-order valence-electron chi connectivity index (χ2n) is 6.46. The van der Waals surface area contributed by atoms with Crippen molar-refractivity contribution < 1.29 is 9.59 Å². The number of benzene rings is 3. The lowest BCUT2D eigenvalue weighted by Crippen LogP contribution is -2.11. The lowest BCUT2D eigenvalue weighted by atomic mass is 10.1. The molecular formula is C22H18N3O2. The topological polar surface area (TPSA) is 77.1 Å². The molecule has 5 nitrogen and oxygen atoms in total. The number of fused-ring (bicyclic) bond motifs is 3. The molecule has 133 valence electrons. The summed E-state index contributed by atoms with van der Waals surface area (Å²) in [5, 5.41) is 4.50. The molecule has 1 aromatic heterocycles. The first-order chi connectivity index (χ1) is 13.0. The van der Waals surface area contributed by atoms with Crippen molar-refractivity contribution in [3.63, 3.8) is 0 Å². The third-order valence-corrected chi connectivity index (χ3v) is 4.56. The first kappa shape index (κ1) is 16.8. The Balaban J connectivity index is 1.90. The number of nitrogens with zero attached hydrogens (tertiary/aromatic N) is 1. The van der Waals surface area contributed by atoms with E-state index in [4.69, 9.17) is 5.73 Å². The van der Waals surface area contributed by atoms with Crippen molar-refractivity contribution in [1.29, 1.82) is 0 Å². The van der Waals surface area contributed by atoms with Gasteiger partial charge >= 0.3 is 0 Å². The fourth-order valence-corrected chi connectivity index (χ4v) is 3.52. The van der Waals surface area contributed by atoms with Gasteiger partial charge in [0.25, 0.3) is 0 Å². The number of amides is 2. The van der Waals surface area contributed by atoms with Gasteiger partial charge in [-0.1, -0.05) is 30.3 Å². The highest BCUT2D eigenvalue weighted by molar-refractivity contribution is 6.17. The van der Waals surface area contributed by atoms with Crippen LogP contribution in [-0.4, -0.2) is 16.4 Å². The average Bonchev–Trinajstić information content (AvgIpc) is 2.96. The van der Waals surface area contributed by atoms with E-state index < -0.39 is 5.91 Å². The summed E-state index contributed by atoms with van der Waals surface area (Å²) in [6.07, 6.45) is 0. The van der Waals surface area contributed by atoms with Crippen LogP contribution in [0.2, 0.25) is 0 Å². The minimum absolute atomic E-state index is 0.107. The molecule has 0 spiro atoms. The molecule has 3 aromatic carbocycles. The number of carbonyl (C=O) groups excluding carboxylic acids is 2. The van der Waals surface area contributed by atoms with Gasteiger partial charge in [0.15, 0.2) is 0 Å². The lowest BCUT2D eigenvalue weighted by molar-refractivity contribution is -0.114. The normalized spacial score (nSPS) is 11.0. The average molecular weight is 356 g/mol. The van der Waals surface area contributed by atoms with Crippen molar-refractivity contribution in [3.8, 4) is 0 Å². The minimum Gasteiger partial charge on any atom is -0.366 e. The summed E-state index contributed by atoms with van der Waals surface area (Å²) in [4.78, 5) is 23.3. The Bertz CT molecular complexity index is 1190. The zero-order valence-corrected chi connectivity index (χ0v) is 14.8. The van der Waals surface area contributed by atoms with Gasteiger partial charge in [-0.3, -0.25) is 9.59 Å². The van der Waals surface area contributed by atoms with E-state index in [1.54, 1.807) is 6.07 Å². The van der Waals surface area contributed by atoms with Crippen LogP contribution in [0.4, 0.5) is 5.69 Å². The summed E-state index contributed by atoms with van der Waals surface area (Å²) in [7, 11) is 0. The standard InChI is InChI=1S/C22H18N3O2/c1-14(26)24-16-7-4-6-15(12-16)13-25-19-10-3-2-8-17(19)21-18(22(23)27)9-5-11-20(21)25/h2-7,9-12H,13H2,1H3,(H2,23,27)(H,24,26). The first-order valence-corrected chi connectivity index (χ1v) is 8.62. The Kier molecular flexibility index (Phi) is 4.12. The molecule has 0 saturated carbocycles. The van der Waals surface area contributed by atoms with E-state index in [-0.39, 0.29) is 5.91 Å². The van der Waals surface area contributed by atoms with E-state index in [9.17, 15) is 9.59 Å². The van der Waals surface area contributed by atoms with Crippen molar-refractivity contribution >= 4 is 39.3 Å². The number of rotatable bonds is 4. The van der Waals surface area contributed by atoms with Crippen LogP contribution in [0.25, 0.3) is 21.8 Å². The summed E-state index contributed by atoms with van der Waals surface area (Å²) in [5.41, 5.74) is 9.78. The van der Waals surface area contributed by atoms with Crippen LogP contribution in [0.3, 0.4) is 0 Å². The highest BCUT2D eigenvalue weighted by atomic mass is 16.1. The van der Waals surface area contributed by atoms with Crippen LogP contribution >= 0.6 is 0 Å². The molecule has 0 bridgehead atoms. The molecule has 0 saturated heterocycles. The molecule has 4 aromatic rings. The lowest BCUT2D eigenvalue weighted by Gasteiger charge is -2.10. The maximum absolute atomic E-state index is 11.9. The summed E-state index contributed by atoms with van der Waals surface area (Å²) >= 11 is 0. The van der Waals surface area contributed by atoms with Crippen LogP contribution in [0, 0.1) is 6.07 Å². The number of anilines is 1. The third-order valence-electron chi connectivity index (χ3n) is 4.56. The van der Waals surface area contributed by atoms with Crippen LogP contribution in [0.5, 0.6) is 0 Å². The second kappa shape index (κ2) is 6.61. The van der Waals surface area contributed by atoms with Crippen LogP contribution in [-0.2, 0) is 11.3 Å². The van der Waals surface area contributed by atoms with Gasteiger partial charge in [0.2, 0.25) is 11.8 Å². The molecule has 0 aliphatic heterocycles. The predicted molar refractivity (Wildman–Crippen MR) is 107 cm³/mol. The van der Waals surface area contributed by atoms with Gasteiger partial charge in [0, 0.05) is 35.5 Å². The van der Waals surface area contributed by atoms with Crippen molar-refractivity contribution in [2.45, 2.75) is 13.5 Å². The second-order valence-corrected chi connectivity index (χ2v) is 6.46. The Morgan fingerprint density at radius 2 is 1.85 bits per heavy atom. The Morgan fingerprint density at radius 1 is 1.07 bits per heavy atom. The van der Waals surface area contributed by atoms with Gasteiger partial charge < -0.3 is 15.6 Å². The Morgan fingerprint density at radius 3 is 2.63 bits per heavy atom. The highest BCUT2D eigenvalue weighted by Gasteiger charge is 2.16. The van der Waals surface area contributed by atoms with E-state index >= 15 is 0 Å². The monoisotopic (exact) mass is 356 g/mol. The molecule has 0 unspecified atom stereocenters. The largest absolute Gasteiger partial charge is 0.366 e. The summed E-state index contributed by atoms with van der Waals surface area (Å²) < 4.78 is 2.14. The number of nitrogens with two attached hydrogens (primary N) is 1. The molecule has 5 heteroatoms. The van der Waals surface area contributed by atoms with E-state index in [0.717, 1.165) is 33.1 Å². The van der Waals surface area contributed by atoms with Crippen LogP contribution in [0.1, 0.15) is 22.8 Å². The fraction of sp³-hybridized carbons (Fsp3) is 0.0909. The SMILES string of the molecule is CC(=O)Nc1cccc(Cn2c3ccc[c]c3c3c(C(N)=O)cccc32)c1. The molecule has 0 aliphatic rings. The van der Waals surface area contributed by atoms with Crippen molar-refractivity contribution in [2.24, 2.45) is 5.73 Å². The van der Waals surface area contributed by atoms with E-state index in [2.05, 4.69) is 16.0 Å².